The Labute approximate surface area is 337 Å². The number of esters is 2. The Bertz CT molecular complexity index is 1270. The third-order valence-electron chi connectivity index (χ3n) is 8.13. The monoisotopic (exact) mass is 805 g/mol. The number of carboxylic acid groups (broad SMARTS) is 1. The number of ether oxygens (including phenoxy) is 2. The van der Waals surface area contributed by atoms with Crippen LogP contribution in [0.25, 0.3) is 0 Å². The van der Waals surface area contributed by atoms with Crippen LogP contribution in [-0.2, 0) is 37.5 Å². The summed E-state index contributed by atoms with van der Waals surface area (Å²) in [5.74, 6) is -2.51. The Balaban J connectivity index is 4.57. The van der Waals surface area contributed by atoms with Gasteiger partial charge in [-0.25, -0.2) is 4.57 Å². The molecule has 12 heteroatoms. The maximum absolute atomic E-state index is 12.6. The first kappa shape index (κ1) is 52.7. The zero-order valence-electron chi connectivity index (χ0n) is 34.2. The zero-order valence-corrected chi connectivity index (χ0v) is 35.1. The van der Waals surface area contributed by atoms with Gasteiger partial charge in [-0.15, -0.1) is 0 Å². The van der Waals surface area contributed by atoms with Gasteiger partial charge in [0.05, 0.1) is 13.2 Å². The molecule has 0 aliphatic heterocycles. The summed E-state index contributed by atoms with van der Waals surface area (Å²) in [5.41, 5.74) is 5.32. The molecule has 0 aliphatic rings. The summed E-state index contributed by atoms with van der Waals surface area (Å²) in [6.07, 6.45) is 46.6. The molecule has 11 nitrogen and oxygen atoms in total. The van der Waals surface area contributed by atoms with Crippen LogP contribution in [0.5, 0.6) is 0 Å². The normalized spacial score (nSPS) is 14.6. The predicted octanol–water partition coefficient (Wildman–Crippen LogP) is 10.7. The average molecular weight is 806 g/mol. The van der Waals surface area contributed by atoms with Crippen molar-refractivity contribution >= 4 is 25.7 Å². The smallest absolute Gasteiger partial charge is 0.472 e. The second-order valence-electron chi connectivity index (χ2n) is 13.4. The molecule has 0 aromatic carbocycles. The van der Waals surface area contributed by atoms with Gasteiger partial charge in [-0.2, -0.15) is 0 Å². The number of carbonyl (C=O) groups is 3. The van der Waals surface area contributed by atoms with Gasteiger partial charge in [0.1, 0.15) is 12.6 Å². The van der Waals surface area contributed by atoms with Crippen LogP contribution in [0.15, 0.2) is 85.1 Å². The van der Waals surface area contributed by atoms with Gasteiger partial charge >= 0.3 is 25.7 Å². The first-order valence-electron chi connectivity index (χ1n) is 20.6. The maximum atomic E-state index is 12.6. The summed E-state index contributed by atoms with van der Waals surface area (Å²) in [6, 6.07) is -1.54. The summed E-state index contributed by atoms with van der Waals surface area (Å²) < 4.78 is 32.5. The van der Waals surface area contributed by atoms with E-state index in [2.05, 4.69) is 97.4 Å². The molecule has 0 saturated carbocycles. The first-order valence-corrected chi connectivity index (χ1v) is 22.1. The van der Waals surface area contributed by atoms with Crippen LogP contribution in [0.1, 0.15) is 142 Å². The molecule has 0 radical (unpaired) electrons. The lowest BCUT2D eigenvalue weighted by Gasteiger charge is -2.20. The van der Waals surface area contributed by atoms with Crippen LogP contribution < -0.4 is 5.73 Å². The Morgan fingerprint density at radius 1 is 0.571 bits per heavy atom. The maximum Gasteiger partial charge on any atom is 0.472 e. The highest BCUT2D eigenvalue weighted by atomic mass is 31.2. The molecule has 0 saturated heterocycles. The molecule has 3 atom stereocenters. The van der Waals surface area contributed by atoms with Gasteiger partial charge in [-0.1, -0.05) is 131 Å². The molecule has 0 heterocycles. The largest absolute Gasteiger partial charge is 0.480 e. The van der Waals surface area contributed by atoms with Crippen LogP contribution in [0.3, 0.4) is 0 Å². The lowest BCUT2D eigenvalue weighted by Crippen LogP contribution is -2.34. The number of hydrogen-bond acceptors (Lipinski definition) is 9. The van der Waals surface area contributed by atoms with Crippen molar-refractivity contribution in [1.29, 1.82) is 0 Å². The lowest BCUT2D eigenvalue weighted by molar-refractivity contribution is -0.161. The quantitative estimate of drug-likeness (QED) is 0.0236. The van der Waals surface area contributed by atoms with Crippen LogP contribution >= 0.6 is 7.82 Å². The minimum atomic E-state index is -4.74. The van der Waals surface area contributed by atoms with E-state index in [0.717, 1.165) is 57.8 Å². The van der Waals surface area contributed by atoms with Crippen molar-refractivity contribution in [3.05, 3.63) is 85.1 Å². The van der Waals surface area contributed by atoms with Crippen molar-refractivity contribution in [3.63, 3.8) is 0 Å². The fraction of sp³-hybridized carbons (Fsp3) is 0.614. The van der Waals surface area contributed by atoms with Gasteiger partial charge < -0.3 is 25.2 Å². The third-order valence-corrected chi connectivity index (χ3v) is 9.08. The number of phosphoric ester groups is 1. The van der Waals surface area contributed by atoms with Crippen molar-refractivity contribution in [2.24, 2.45) is 5.73 Å². The molecule has 0 aromatic heterocycles. The summed E-state index contributed by atoms with van der Waals surface area (Å²) in [6.45, 7) is 2.56. The van der Waals surface area contributed by atoms with E-state index in [1.165, 1.54) is 38.5 Å². The molecule has 56 heavy (non-hydrogen) atoms. The van der Waals surface area contributed by atoms with Crippen LogP contribution in [0.4, 0.5) is 0 Å². The Morgan fingerprint density at radius 2 is 1.02 bits per heavy atom. The second kappa shape index (κ2) is 38.5. The molecule has 0 aliphatic carbocycles. The van der Waals surface area contributed by atoms with Gasteiger partial charge in [-0.05, 0) is 83.5 Å². The summed E-state index contributed by atoms with van der Waals surface area (Å²) >= 11 is 0. The number of carbonyl (C=O) groups excluding carboxylic acids is 2. The summed E-state index contributed by atoms with van der Waals surface area (Å²) in [4.78, 5) is 45.8. The molecular formula is C44H72NO10P. The minimum absolute atomic E-state index is 0.0935. The van der Waals surface area contributed by atoms with E-state index in [0.29, 0.717) is 19.3 Å². The number of allylic oxidation sites excluding steroid dienone is 14. The average Bonchev–Trinajstić information content (AvgIpc) is 3.17. The van der Waals surface area contributed by atoms with Crippen molar-refractivity contribution < 1.29 is 47.5 Å². The standard InChI is InChI=1S/C44H72NO10P/c1-3-5-7-9-11-13-15-17-19-20-22-23-25-27-29-31-33-35-42(46)52-37-40(38-53-56(50,51)54-39-41(45)44(48)49)55-43(47)36-34-32-30-28-26-24-21-18-16-14-12-10-8-6-4-2/h6,8,12,14,17-19,21-23,26-29,40-41H,3-5,7,9-11,13,15-16,20,24-25,30-39,45H2,1-2H3,(H,48,49)(H,50,51)/b8-6-,14-12-,19-17-,21-18-,23-22-,28-26-,29-27-/t40-,41+/m1/s1. The Morgan fingerprint density at radius 3 is 1.55 bits per heavy atom. The molecule has 0 spiro atoms. The van der Waals surface area contributed by atoms with Crippen molar-refractivity contribution in [1.82, 2.24) is 0 Å². The molecule has 318 valence electrons. The summed E-state index contributed by atoms with van der Waals surface area (Å²) in [7, 11) is -4.74. The van der Waals surface area contributed by atoms with Crippen molar-refractivity contribution in [2.75, 3.05) is 19.8 Å². The van der Waals surface area contributed by atoms with Gasteiger partial charge in [0.15, 0.2) is 6.10 Å². The number of unbranched alkanes of at least 4 members (excludes halogenated alkanes) is 9. The van der Waals surface area contributed by atoms with Crippen molar-refractivity contribution in [3.8, 4) is 0 Å². The van der Waals surface area contributed by atoms with Crippen LogP contribution in [-0.4, -0.2) is 59.9 Å². The SMILES string of the molecule is CC/C=C\C/C=C\C/C=C\C/C=C\CCCCC(=O)O[C@H](COC(=O)CCC/C=C\C/C=C\C/C=C\CCCCCCCC)COP(=O)(O)OC[C@H](N)C(=O)O. The highest BCUT2D eigenvalue weighted by molar-refractivity contribution is 7.47. The molecule has 0 aromatic rings. The van der Waals surface area contributed by atoms with E-state index < -0.39 is 57.7 Å². The van der Waals surface area contributed by atoms with E-state index in [1.807, 2.05) is 6.08 Å². The van der Waals surface area contributed by atoms with Gasteiger partial charge in [0.2, 0.25) is 0 Å². The predicted molar refractivity (Wildman–Crippen MR) is 226 cm³/mol. The fourth-order valence-corrected chi connectivity index (χ4v) is 5.67. The first-order chi connectivity index (χ1) is 27.1. The molecule has 0 fully saturated rings. The number of phosphoric acid groups is 1. The van der Waals surface area contributed by atoms with E-state index in [1.54, 1.807) is 0 Å². The topological polar surface area (TPSA) is 172 Å². The number of rotatable bonds is 37. The number of carboxylic acids is 1. The van der Waals surface area contributed by atoms with E-state index in [9.17, 15) is 23.8 Å². The summed E-state index contributed by atoms with van der Waals surface area (Å²) in [5, 5.41) is 8.87. The van der Waals surface area contributed by atoms with Crippen molar-refractivity contribution in [2.45, 2.75) is 154 Å². The molecule has 1 unspecified atom stereocenters. The molecule has 0 rings (SSSR count). The van der Waals surface area contributed by atoms with Crippen LogP contribution in [0.2, 0.25) is 0 Å². The van der Waals surface area contributed by atoms with Gasteiger partial charge in [0.25, 0.3) is 0 Å². The zero-order chi connectivity index (χ0) is 41.4. The molecular weight excluding hydrogens is 733 g/mol. The molecule has 0 bridgehead atoms. The van der Waals surface area contributed by atoms with E-state index in [4.69, 9.17) is 24.8 Å². The lowest BCUT2D eigenvalue weighted by atomic mass is 10.1. The Kier molecular flexibility index (Phi) is 36.2. The minimum Gasteiger partial charge on any atom is -0.480 e. The Hall–Kier alpha value is -3.34. The highest BCUT2D eigenvalue weighted by Crippen LogP contribution is 2.43. The number of nitrogens with two attached hydrogens (primary N) is 1. The van der Waals surface area contributed by atoms with Gasteiger partial charge in [-0.3, -0.25) is 23.4 Å². The molecule has 0 amide bonds. The second-order valence-corrected chi connectivity index (χ2v) is 14.8. The highest BCUT2D eigenvalue weighted by Gasteiger charge is 2.28. The fourth-order valence-electron chi connectivity index (χ4n) is 4.89. The van der Waals surface area contributed by atoms with Crippen LogP contribution in [0, 0.1) is 0 Å². The van der Waals surface area contributed by atoms with E-state index in [-0.39, 0.29) is 12.8 Å². The van der Waals surface area contributed by atoms with E-state index >= 15 is 0 Å². The van der Waals surface area contributed by atoms with Gasteiger partial charge in [0, 0.05) is 12.8 Å². The number of aliphatic carboxylic acids is 1. The molecule has 4 N–H and O–H groups in total. The third kappa shape index (κ3) is 37.6. The number of hydrogen-bond donors (Lipinski definition) is 3.